The molecule has 1 heterocycles. The number of nitrogens with zero attached hydrogens (tertiary/aromatic N) is 4. The van der Waals surface area contributed by atoms with Gasteiger partial charge in [0, 0.05) is 19.8 Å². The highest BCUT2D eigenvalue weighted by atomic mass is 32.2. The summed E-state index contributed by atoms with van der Waals surface area (Å²) in [4.78, 5) is 14.3. The third-order valence-corrected chi connectivity index (χ3v) is 2.66. The first-order valence-electron chi connectivity index (χ1n) is 5.00. The van der Waals surface area contributed by atoms with Gasteiger partial charge in [0.15, 0.2) is 0 Å². The first-order chi connectivity index (χ1) is 7.63. The van der Waals surface area contributed by atoms with Crippen LogP contribution in [0.1, 0.15) is 12.7 Å². The third-order valence-electron chi connectivity index (χ3n) is 1.77. The molecule has 0 saturated heterocycles. The van der Waals surface area contributed by atoms with Gasteiger partial charge < -0.3 is 10.6 Å². The molecule has 1 aromatic rings. The quantitative estimate of drug-likeness (QED) is 0.617. The molecule has 0 aliphatic carbocycles. The maximum atomic E-state index is 5.62. The molecule has 0 aromatic carbocycles. The van der Waals surface area contributed by atoms with Crippen LogP contribution in [-0.2, 0) is 5.75 Å². The van der Waals surface area contributed by atoms with Crippen LogP contribution in [0.2, 0.25) is 0 Å². The summed E-state index contributed by atoms with van der Waals surface area (Å²) in [6.45, 7) is 2.01. The van der Waals surface area contributed by atoms with E-state index in [2.05, 4.69) is 21.0 Å². The van der Waals surface area contributed by atoms with Crippen molar-refractivity contribution in [2.24, 2.45) is 0 Å². The van der Waals surface area contributed by atoms with E-state index in [1.165, 1.54) is 0 Å². The minimum Gasteiger partial charge on any atom is -0.368 e. The van der Waals surface area contributed by atoms with Crippen molar-refractivity contribution < 1.29 is 0 Å². The van der Waals surface area contributed by atoms with Crippen molar-refractivity contribution in [2.75, 3.05) is 30.5 Å². The molecule has 1 aromatic heterocycles. The van der Waals surface area contributed by atoms with Gasteiger partial charge in [0.2, 0.25) is 11.9 Å². The first kappa shape index (κ1) is 12.8. The van der Waals surface area contributed by atoms with E-state index in [0.717, 1.165) is 17.3 Å². The maximum absolute atomic E-state index is 5.62. The van der Waals surface area contributed by atoms with Crippen molar-refractivity contribution in [1.82, 2.24) is 15.0 Å². The van der Waals surface area contributed by atoms with Crippen molar-refractivity contribution in [3.05, 3.63) is 18.0 Å². The van der Waals surface area contributed by atoms with E-state index in [9.17, 15) is 0 Å². The van der Waals surface area contributed by atoms with Crippen LogP contribution in [-0.4, -0.2) is 34.8 Å². The lowest BCUT2D eigenvalue weighted by Crippen LogP contribution is -2.15. The summed E-state index contributed by atoms with van der Waals surface area (Å²) >= 11 is 1.75. The second-order valence-corrected chi connectivity index (χ2v) is 4.42. The lowest BCUT2D eigenvalue weighted by atomic mass is 10.6. The molecule has 16 heavy (non-hydrogen) atoms. The van der Waals surface area contributed by atoms with E-state index < -0.39 is 0 Å². The average Bonchev–Trinajstić information content (AvgIpc) is 2.23. The molecule has 0 aliphatic heterocycles. The Labute approximate surface area is 100 Å². The Morgan fingerprint density at radius 3 is 2.69 bits per heavy atom. The SMILES string of the molecule is C/C=C\CSCc1nc(N)nc(N(C)C)n1. The van der Waals surface area contributed by atoms with Gasteiger partial charge in [-0.15, -0.1) is 11.8 Å². The topological polar surface area (TPSA) is 67.9 Å². The number of hydrogen-bond acceptors (Lipinski definition) is 6. The van der Waals surface area contributed by atoms with Crippen LogP contribution in [0, 0.1) is 0 Å². The second-order valence-electron chi connectivity index (χ2n) is 3.39. The highest BCUT2D eigenvalue weighted by Gasteiger charge is 2.05. The van der Waals surface area contributed by atoms with Gasteiger partial charge in [-0.3, -0.25) is 0 Å². The molecule has 0 radical (unpaired) electrons. The smallest absolute Gasteiger partial charge is 0.229 e. The van der Waals surface area contributed by atoms with Crippen molar-refractivity contribution in [3.63, 3.8) is 0 Å². The van der Waals surface area contributed by atoms with Gasteiger partial charge in [-0.2, -0.15) is 15.0 Å². The minimum absolute atomic E-state index is 0.278. The minimum atomic E-state index is 0.278. The molecule has 88 valence electrons. The number of aromatic nitrogens is 3. The molecule has 0 atom stereocenters. The Balaban J connectivity index is 2.65. The number of allylic oxidation sites excluding steroid dienone is 1. The Morgan fingerprint density at radius 2 is 2.06 bits per heavy atom. The van der Waals surface area contributed by atoms with Crippen molar-refractivity contribution >= 4 is 23.7 Å². The number of anilines is 2. The van der Waals surface area contributed by atoms with Gasteiger partial charge in [0.25, 0.3) is 0 Å². The molecular formula is C10H17N5S. The summed E-state index contributed by atoms with van der Waals surface area (Å²) in [5, 5.41) is 0. The summed E-state index contributed by atoms with van der Waals surface area (Å²) in [6.07, 6.45) is 4.13. The highest BCUT2D eigenvalue weighted by Crippen LogP contribution is 2.12. The summed E-state index contributed by atoms with van der Waals surface area (Å²) in [5.74, 6) is 3.32. The normalized spacial score (nSPS) is 10.9. The van der Waals surface area contributed by atoms with Crippen LogP contribution in [0.15, 0.2) is 12.2 Å². The van der Waals surface area contributed by atoms with E-state index in [1.807, 2.05) is 32.0 Å². The van der Waals surface area contributed by atoms with E-state index in [4.69, 9.17) is 5.73 Å². The predicted molar refractivity (Wildman–Crippen MR) is 69.5 cm³/mol. The second kappa shape index (κ2) is 6.32. The lowest BCUT2D eigenvalue weighted by Gasteiger charge is -2.10. The van der Waals surface area contributed by atoms with E-state index in [-0.39, 0.29) is 5.95 Å². The summed E-state index contributed by atoms with van der Waals surface area (Å²) in [6, 6.07) is 0. The summed E-state index contributed by atoms with van der Waals surface area (Å²) in [7, 11) is 3.76. The molecule has 6 heteroatoms. The van der Waals surface area contributed by atoms with Gasteiger partial charge in [-0.05, 0) is 6.92 Å². The van der Waals surface area contributed by atoms with E-state index in [0.29, 0.717) is 5.95 Å². The molecule has 0 bridgehead atoms. The van der Waals surface area contributed by atoms with Gasteiger partial charge in [-0.25, -0.2) is 0 Å². The lowest BCUT2D eigenvalue weighted by molar-refractivity contribution is 0.919. The zero-order valence-corrected chi connectivity index (χ0v) is 10.7. The largest absolute Gasteiger partial charge is 0.368 e. The number of hydrogen-bond donors (Lipinski definition) is 1. The van der Waals surface area contributed by atoms with Gasteiger partial charge >= 0.3 is 0 Å². The molecule has 0 saturated carbocycles. The van der Waals surface area contributed by atoms with Crippen molar-refractivity contribution in [1.29, 1.82) is 0 Å². The zero-order chi connectivity index (χ0) is 12.0. The van der Waals surface area contributed by atoms with E-state index in [1.54, 1.807) is 11.8 Å². The fourth-order valence-electron chi connectivity index (χ4n) is 1.00. The van der Waals surface area contributed by atoms with Crippen LogP contribution in [0.4, 0.5) is 11.9 Å². The Bertz CT molecular complexity index is 364. The fraction of sp³-hybridized carbons (Fsp3) is 0.500. The molecule has 1 rings (SSSR count). The number of nitrogens with two attached hydrogens (primary N) is 1. The molecule has 2 N–H and O–H groups in total. The van der Waals surface area contributed by atoms with Crippen LogP contribution in [0.25, 0.3) is 0 Å². The fourth-order valence-corrected chi connectivity index (χ4v) is 1.76. The van der Waals surface area contributed by atoms with Gasteiger partial charge in [0.1, 0.15) is 5.82 Å². The van der Waals surface area contributed by atoms with Crippen LogP contribution in [0.5, 0.6) is 0 Å². The third kappa shape index (κ3) is 4.06. The average molecular weight is 239 g/mol. The van der Waals surface area contributed by atoms with Crippen LogP contribution in [0.3, 0.4) is 0 Å². The monoisotopic (exact) mass is 239 g/mol. The van der Waals surface area contributed by atoms with Crippen molar-refractivity contribution in [2.45, 2.75) is 12.7 Å². The molecule has 0 unspecified atom stereocenters. The van der Waals surface area contributed by atoms with Gasteiger partial charge in [-0.1, -0.05) is 12.2 Å². The number of thioether (sulfide) groups is 1. The van der Waals surface area contributed by atoms with Gasteiger partial charge in [0.05, 0.1) is 5.75 Å². The molecule has 0 aliphatic rings. The molecule has 0 spiro atoms. The summed E-state index contributed by atoms with van der Waals surface area (Å²) in [5.41, 5.74) is 5.62. The number of rotatable bonds is 5. The van der Waals surface area contributed by atoms with Crippen LogP contribution >= 0.6 is 11.8 Å². The van der Waals surface area contributed by atoms with Crippen LogP contribution < -0.4 is 10.6 Å². The Hall–Kier alpha value is -1.30. The Kier molecular flexibility index (Phi) is 5.04. The molecule has 0 fully saturated rings. The predicted octanol–water partition coefficient (Wildman–Crippen LogP) is 1.33. The Morgan fingerprint density at radius 1 is 1.31 bits per heavy atom. The van der Waals surface area contributed by atoms with Crippen molar-refractivity contribution in [3.8, 4) is 0 Å². The first-order valence-corrected chi connectivity index (χ1v) is 6.15. The zero-order valence-electron chi connectivity index (χ0n) is 9.84. The number of nitrogen functional groups attached to an aromatic ring is 1. The molecule has 5 nitrogen and oxygen atoms in total. The highest BCUT2D eigenvalue weighted by molar-refractivity contribution is 7.98. The standard InChI is InChI=1S/C10H17N5S/c1-4-5-6-16-7-8-12-9(11)14-10(13-8)15(2)3/h4-5H,6-7H2,1-3H3,(H2,11,12,13,14)/b5-4-. The maximum Gasteiger partial charge on any atom is 0.229 e. The van der Waals surface area contributed by atoms with E-state index >= 15 is 0 Å². The molecule has 0 amide bonds. The molecular weight excluding hydrogens is 222 g/mol. The summed E-state index contributed by atoms with van der Waals surface area (Å²) < 4.78 is 0.